The Morgan fingerprint density at radius 1 is 1.36 bits per heavy atom. The monoisotopic (exact) mass is 170 g/mol. The van der Waals surface area contributed by atoms with Gasteiger partial charge in [0, 0.05) is 13.1 Å². The summed E-state index contributed by atoms with van der Waals surface area (Å²) in [6.45, 7) is 2.04. The molecule has 0 aliphatic heterocycles. The first-order valence-electron chi connectivity index (χ1n) is 3.42. The Kier molecular flexibility index (Phi) is 26.7. The van der Waals surface area contributed by atoms with E-state index in [2.05, 4.69) is 0 Å². The van der Waals surface area contributed by atoms with E-state index in [9.17, 15) is 9.90 Å². The van der Waals surface area contributed by atoms with Gasteiger partial charge in [-0.05, 0) is 12.8 Å². The molecule has 4 heteroatoms. The van der Waals surface area contributed by atoms with Gasteiger partial charge in [0.2, 0.25) is 0 Å². The van der Waals surface area contributed by atoms with E-state index in [1.807, 2.05) is 6.92 Å². The average molecular weight is 170 g/mol. The van der Waals surface area contributed by atoms with Gasteiger partial charge in [-0.2, -0.15) is 0 Å². The van der Waals surface area contributed by atoms with Crippen molar-refractivity contribution in [1.29, 1.82) is 0 Å². The molecular formula is C7H15NaO3. The maximum Gasteiger partial charge on any atom is 1.00 e. The summed E-state index contributed by atoms with van der Waals surface area (Å²) in [5.74, 6) is -0.932. The van der Waals surface area contributed by atoms with Crippen LogP contribution in [0.15, 0.2) is 0 Å². The molecule has 0 saturated carbocycles. The second-order valence-corrected chi connectivity index (χ2v) is 1.83. The smallest absolute Gasteiger partial charge is 0.550 e. The summed E-state index contributed by atoms with van der Waals surface area (Å²) in [4.78, 5) is 9.76. The molecule has 1 N–H and O–H groups in total. The van der Waals surface area contributed by atoms with Crippen molar-refractivity contribution in [2.24, 2.45) is 0 Å². The molecule has 0 bridgehead atoms. The predicted octanol–water partition coefficient (Wildman–Crippen LogP) is -3.07. The molecule has 0 aliphatic carbocycles. The maximum absolute atomic E-state index is 9.76. The van der Waals surface area contributed by atoms with Crippen LogP contribution in [0.4, 0.5) is 0 Å². The Balaban J connectivity index is -0.000000196. The number of carboxylic acid groups (broad SMARTS) is 1. The largest absolute Gasteiger partial charge is 1.00 e. The minimum atomic E-state index is -0.932. The first kappa shape index (κ1) is 17.5. The molecule has 0 spiro atoms. The van der Waals surface area contributed by atoms with Crippen LogP contribution in [0.2, 0.25) is 0 Å². The summed E-state index contributed by atoms with van der Waals surface area (Å²) in [6, 6.07) is 0. The van der Waals surface area contributed by atoms with Gasteiger partial charge in [0.15, 0.2) is 0 Å². The molecule has 0 aliphatic rings. The van der Waals surface area contributed by atoms with Crippen molar-refractivity contribution < 1.29 is 44.6 Å². The van der Waals surface area contributed by atoms with Gasteiger partial charge < -0.3 is 15.0 Å². The van der Waals surface area contributed by atoms with Crippen LogP contribution in [0.5, 0.6) is 0 Å². The Bertz CT molecular complexity index is 76.1. The van der Waals surface area contributed by atoms with Gasteiger partial charge in [-0.25, -0.2) is 0 Å². The number of aliphatic hydroxyl groups excluding tert-OH is 1. The number of carbonyl (C=O) groups excluding carboxylic acids is 1. The zero-order valence-corrected chi connectivity index (χ0v) is 9.59. The summed E-state index contributed by atoms with van der Waals surface area (Å²) >= 11 is 0. The zero-order valence-electron chi connectivity index (χ0n) is 7.59. The number of carbonyl (C=O) groups is 1. The van der Waals surface area contributed by atoms with Crippen LogP contribution >= 0.6 is 0 Å². The van der Waals surface area contributed by atoms with Crippen molar-refractivity contribution in [2.45, 2.75) is 32.6 Å². The van der Waals surface area contributed by atoms with E-state index >= 15 is 0 Å². The van der Waals surface area contributed by atoms with Gasteiger partial charge in [0.1, 0.15) is 0 Å². The molecule has 0 unspecified atom stereocenters. The number of aliphatic hydroxyl groups is 1. The van der Waals surface area contributed by atoms with E-state index in [4.69, 9.17) is 5.11 Å². The van der Waals surface area contributed by atoms with E-state index < -0.39 is 5.97 Å². The molecule has 0 radical (unpaired) electrons. The van der Waals surface area contributed by atoms with Crippen molar-refractivity contribution in [3.8, 4) is 0 Å². The molecule has 0 saturated heterocycles. The predicted molar refractivity (Wildman–Crippen MR) is 37.3 cm³/mol. The SMILES string of the molecule is CCCCCC(=O)[O-].CO.[Na+]. The molecule has 0 fully saturated rings. The maximum atomic E-state index is 9.76. The van der Waals surface area contributed by atoms with E-state index in [1.165, 1.54) is 0 Å². The van der Waals surface area contributed by atoms with E-state index in [-0.39, 0.29) is 36.0 Å². The topological polar surface area (TPSA) is 60.4 Å². The number of hydrogen-bond acceptors (Lipinski definition) is 3. The molecule has 11 heavy (non-hydrogen) atoms. The molecule has 0 aromatic heterocycles. The van der Waals surface area contributed by atoms with Gasteiger partial charge in [-0.15, -0.1) is 0 Å². The van der Waals surface area contributed by atoms with Crippen molar-refractivity contribution >= 4 is 5.97 Å². The molecule has 62 valence electrons. The quantitative estimate of drug-likeness (QED) is 0.360. The van der Waals surface area contributed by atoms with Crippen molar-refractivity contribution in [3.63, 3.8) is 0 Å². The normalized spacial score (nSPS) is 7.18. The fourth-order valence-corrected chi connectivity index (χ4v) is 0.519. The van der Waals surface area contributed by atoms with Gasteiger partial charge in [0.05, 0.1) is 0 Å². The summed E-state index contributed by atoms with van der Waals surface area (Å²) < 4.78 is 0. The van der Waals surface area contributed by atoms with Crippen LogP contribution in [0, 0.1) is 0 Å². The molecule has 0 rings (SSSR count). The summed E-state index contributed by atoms with van der Waals surface area (Å²) in [5, 5.41) is 16.8. The van der Waals surface area contributed by atoms with Crippen LogP contribution in [0.1, 0.15) is 32.6 Å². The molecule has 0 aromatic carbocycles. The van der Waals surface area contributed by atoms with E-state index in [0.717, 1.165) is 26.4 Å². The van der Waals surface area contributed by atoms with Gasteiger partial charge >= 0.3 is 29.6 Å². The summed E-state index contributed by atoms with van der Waals surface area (Å²) in [7, 11) is 1.00. The van der Waals surface area contributed by atoms with Gasteiger partial charge in [-0.3, -0.25) is 0 Å². The van der Waals surface area contributed by atoms with Crippen LogP contribution in [0.25, 0.3) is 0 Å². The number of hydrogen-bond donors (Lipinski definition) is 1. The summed E-state index contributed by atoms with van der Waals surface area (Å²) in [6.07, 6.45) is 3.04. The van der Waals surface area contributed by atoms with Crippen LogP contribution in [-0.2, 0) is 4.79 Å². The van der Waals surface area contributed by atoms with E-state index in [1.54, 1.807) is 0 Å². The fraction of sp³-hybridized carbons (Fsp3) is 0.857. The molecular weight excluding hydrogens is 155 g/mol. The molecule has 0 atom stereocenters. The first-order chi connectivity index (χ1) is 4.77. The number of rotatable bonds is 4. The Labute approximate surface area is 90.1 Å². The number of carboxylic acids is 1. The third kappa shape index (κ3) is 25.1. The van der Waals surface area contributed by atoms with Gasteiger partial charge in [0.25, 0.3) is 0 Å². The standard InChI is InChI=1S/C6H12O2.CH4O.Na/c1-2-3-4-5-6(7)8;1-2;/h2-5H2,1H3,(H,7,8);2H,1H3;/q;;+1/p-1. The average Bonchev–Trinajstić information content (AvgIpc) is 1.92. The van der Waals surface area contributed by atoms with Crippen molar-refractivity contribution in [1.82, 2.24) is 0 Å². The fourth-order valence-electron chi connectivity index (χ4n) is 0.519. The second-order valence-electron chi connectivity index (χ2n) is 1.83. The number of aliphatic carboxylic acids is 1. The molecule has 3 nitrogen and oxygen atoms in total. The van der Waals surface area contributed by atoms with Crippen LogP contribution in [0.3, 0.4) is 0 Å². The zero-order chi connectivity index (χ0) is 8.41. The van der Waals surface area contributed by atoms with E-state index in [0.29, 0.717) is 0 Å². The Morgan fingerprint density at radius 3 is 2.09 bits per heavy atom. The minimum Gasteiger partial charge on any atom is -0.550 e. The Hall–Kier alpha value is 0.430. The second kappa shape index (κ2) is 16.8. The third-order valence-corrected chi connectivity index (χ3v) is 0.984. The van der Waals surface area contributed by atoms with Crippen LogP contribution < -0.4 is 34.7 Å². The van der Waals surface area contributed by atoms with Gasteiger partial charge in [-0.1, -0.05) is 19.8 Å². The van der Waals surface area contributed by atoms with Crippen molar-refractivity contribution in [3.05, 3.63) is 0 Å². The van der Waals surface area contributed by atoms with Crippen LogP contribution in [-0.4, -0.2) is 18.2 Å². The minimum absolute atomic E-state index is 0. The third-order valence-electron chi connectivity index (χ3n) is 0.984. The molecule has 0 aromatic rings. The Morgan fingerprint density at radius 2 is 1.82 bits per heavy atom. The summed E-state index contributed by atoms with van der Waals surface area (Å²) in [5.41, 5.74) is 0. The van der Waals surface area contributed by atoms with Crippen molar-refractivity contribution in [2.75, 3.05) is 7.11 Å². The number of unbranched alkanes of at least 4 members (excludes halogenated alkanes) is 2. The molecule has 0 amide bonds. The first-order valence-corrected chi connectivity index (χ1v) is 3.42. The molecule has 0 heterocycles.